The molecule has 2 aromatic carbocycles. The number of ether oxygens (including phenoxy) is 1. The lowest BCUT2D eigenvalue weighted by Gasteiger charge is -2.43. The summed E-state index contributed by atoms with van der Waals surface area (Å²) in [6.07, 6.45) is -0.367. The fourth-order valence-corrected chi connectivity index (χ4v) is 4.38. The standard InChI is InChI=1S/C18H26N2O2.C7H5F3O/c1-15(16-7-3-2-4-8-16)19-17(21)18(9-13-22-14-10-18)20-11-5-6-12-20;8-7(9,10)5-2-1-3-6(11)4-5/h2-4,7-8,15H,5-6,9-14H2,1H3,(H,19,21);1-4,11H. The van der Waals surface area contributed by atoms with Crippen molar-refractivity contribution in [3.63, 3.8) is 0 Å². The minimum Gasteiger partial charge on any atom is -0.508 e. The summed E-state index contributed by atoms with van der Waals surface area (Å²) in [7, 11) is 0. The molecular formula is C25H31F3N2O3. The van der Waals surface area contributed by atoms with Gasteiger partial charge in [0.05, 0.1) is 11.6 Å². The Bertz CT molecular complexity index is 893. The Morgan fingerprint density at radius 1 is 1.06 bits per heavy atom. The van der Waals surface area contributed by atoms with E-state index in [-0.39, 0.29) is 23.2 Å². The van der Waals surface area contributed by atoms with Crippen LogP contribution < -0.4 is 5.32 Å². The molecule has 1 amide bonds. The molecule has 2 aliphatic rings. The SMILES string of the molecule is CC(NC(=O)C1(N2CCCC2)CCOCC1)c1ccccc1.Oc1cccc(C(F)(F)F)c1. The number of aromatic hydroxyl groups is 1. The van der Waals surface area contributed by atoms with Crippen LogP contribution in [0.15, 0.2) is 54.6 Å². The smallest absolute Gasteiger partial charge is 0.416 e. The van der Waals surface area contributed by atoms with Gasteiger partial charge in [0.15, 0.2) is 0 Å². The average Bonchev–Trinajstić information content (AvgIpc) is 3.35. The summed E-state index contributed by atoms with van der Waals surface area (Å²) in [6.45, 7) is 5.50. The van der Waals surface area contributed by atoms with Gasteiger partial charge in [-0.25, -0.2) is 0 Å². The van der Waals surface area contributed by atoms with Gasteiger partial charge in [-0.15, -0.1) is 0 Å². The van der Waals surface area contributed by atoms with E-state index in [1.54, 1.807) is 0 Å². The molecule has 0 aromatic heterocycles. The van der Waals surface area contributed by atoms with E-state index in [1.807, 2.05) is 18.2 Å². The molecule has 1 atom stereocenters. The van der Waals surface area contributed by atoms with Gasteiger partial charge in [-0.2, -0.15) is 13.2 Å². The van der Waals surface area contributed by atoms with E-state index in [4.69, 9.17) is 9.84 Å². The summed E-state index contributed by atoms with van der Waals surface area (Å²) in [5, 5.41) is 11.9. The molecule has 0 bridgehead atoms. The second-order valence-corrected chi connectivity index (χ2v) is 8.49. The van der Waals surface area contributed by atoms with Crippen LogP contribution >= 0.6 is 0 Å². The van der Waals surface area contributed by atoms with E-state index in [0.717, 1.165) is 43.6 Å². The Labute approximate surface area is 192 Å². The summed E-state index contributed by atoms with van der Waals surface area (Å²) < 4.78 is 41.1. The minimum atomic E-state index is -4.38. The Morgan fingerprint density at radius 2 is 1.70 bits per heavy atom. The first-order valence-corrected chi connectivity index (χ1v) is 11.3. The second-order valence-electron chi connectivity index (χ2n) is 8.49. The Morgan fingerprint density at radius 3 is 2.24 bits per heavy atom. The first-order chi connectivity index (χ1) is 15.7. The van der Waals surface area contributed by atoms with Gasteiger partial charge < -0.3 is 15.2 Å². The summed E-state index contributed by atoms with van der Waals surface area (Å²) >= 11 is 0. The number of amides is 1. The molecule has 1 unspecified atom stereocenters. The molecule has 2 fully saturated rings. The molecule has 2 N–H and O–H groups in total. The lowest BCUT2D eigenvalue weighted by molar-refractivity contribution is -0.140. The maximum atomic E-state index is 13.1. The molecular weight excluding hydrogens is 433 g/mol. The van der Waals surface area contributed by atoms with Crippen molar-refractivity contribution in [1.29, 1.82) is 0 Å². The van der Waals surface area contributed by atoms with Crippen LogP contribution in [0.2, 0.25) is 0 Å². The Hall–Kier alpha value is -2.58. The summed E-state index contributed by atoms with van der Waals surface area (Å²) in [4.78, 5) is 15.5. The largest absolute Gasteiger partial charge is 0.508 e. The minimum absolute atomic E-state index is 0.0380. The van der Waals surface area contributed by atoms with E-state index in [9.17, 15) is 18.0 Å². The fourth-order valence-electron chi connectivity index (χ4n) is 4.38. The third-order valence-electron chi connectivity index (χ3n) is 6.27. The molecule has 5 nitrogen and oxygen atoms in total. The highest BCUT2D eigenvalue weighted by Crippen LogP contribution is 2.33. The van der Waals surface area contributed by atoms with E-state index < -0.39 is 11.7 Å². The highest BCUT2D eigenvalue weighted by atomic mass is 19.4. The summed E-state index contributed by atoms with van der Waals surface area (Å²) in [5.74, 6) is -0.200. The monoisotopic (exact) mass is 464 g/mol. The molecule has 2 saturated heterocycles. The van der Waals surface area contributed by atoms with E-state index in [0.29, 0.717) is 19.3 Å². The van der Waals surface area contributed by atoms with Crippen LogP contribution in [-0.4, -0.2) is 47.8 Å². The van der Waals surface area contributed by atoms with Crippen LogP contribution in [0.3, 0.4) is 0 Å². The summed E-state index contributed by atoms with van der Waals surface area (Å²) in [6, 6.07) is 14.1. The van der Waals surface area contributed by atoms with Gasteiger partial charge in [0, 0.05) is 13.2 Å². The molecule has 2 heterocycles. The maximum Gasteiger partial charge on any atom is 0.416 e. The normalized spacial score (nSPS) is 19.3. The molecule has 2 aliphatic heterocycles. The first kappa shape index (κ1) is 25.1. The number of likely N-dealkylation sites (tertiary alicyclic amines) is 1. The van der Waals surface area contributed by atoms with Crippen molar-refractivity contribution in [3.8, 4) is 5.75 Å². The summed E-state index contributed by atoms with van der Waals surface area (Å²) in [5.41, 5.74) is -0.0467. The van der Waals surface area contributed by atoms with Gasteiger partial charge in [-0.1, -0.05) is 36.4 Å². The number of nitrogens with zero attached hydrogens (tertiary/aromatic N) is 1. The average molecular weight is 465 g/mol. The topological polar surface area (TPSA) is 61.8 Å². The predicted octanol–water partition coefficient (Wildman–Crippen LogP) is 4.92. The number of rotatable bonds is 4. The number of phenols is 1. The van der Waals surface area contributed by atoms with Crippen LogP contribution in [0.5, 0.6) is 5.75 Å². The van der Waals surface area contributed by atoms with Gasteiger partial charge in [-0.05, 0) is 69.5 Å². The van der Waals surface area contributed by atoms with Crippen LogP contribution in [0.4, 0.5) is 13.2 Å². The van der Waals surface area contributed by atoms with Crippen molar-refractivity contribution in [2.24, 2.45) is 0 Å². The highest BCUT2D eigenvalue weighted by Gasteiger charge is 2.46. The first-order valence-electron chi connectivity index (χ1n) is 11.3. The van der Waals surface area contributed by atoms with Gasteiger partial charge in [0.25, 0.3) is 0 Å². The van der Waals surface area contributed by atoms with Crippen molar-refractivity contribution in [2.45, 2.75) is 50.4 Å². The molecule has 4 rings (SSSR count). The van der Waals surface area contributed by atoms with E-state index in [1.165, 1.54) is 18.9 Å². The number of nitrogens with one attached hydrogen (secondary N) is 1. The third kappa shape index (κ3) is 6.48. The van der Waals surface area contributed by atoms with Gasteiger partial charge in [0.1, 0.15) is 11.3 Å². The van der Waals surface area contributed by atoms with Crippen molar-refractivity contribution < 1.29 is 27.8 Å². The van der Waals surface area contributed by atoms with E-state index >= 15 is 0 Å². The van der Waals surface area contributed by atoms with Crippen molar-refractivity contribution >= 4 is 5.91 Å². The lowest BCUT2D eigenvalue weighted by atomic mass is 9.86. The number of carbonyl (C=O) groups excluding carboxylic acids is 1. The van der Waals surface area contributed by atoms with Crippen LogP contribution in [0, 0.1) is 0 Å². The maximum absolute atomic E-state index is 13.1. The zero-order valence-corrected chi connectivity index (χ0v) is 18.8. The van der Waals surface area contributed by atoms with Crippen molar-refractivity contribution in [2.75, 3.05) is 26.3 Å². The highest BCUT2D eigenvalue weighted by molar-refractivity contribution is 5.87. The van der Waals surface area contributed by atoms with Crippen LogP contribution in [0.1, 0.15) is 49.8 Å². The zero-order valence-electron chi connectivity index (χ0n) is 18.8. The van der Waals surface area contributed by atoms with Crippen LogP contribution in [0.25, 0.3) is 0 Å². The van der Waals surface area contributed by atoms with Gasteiger partial charge in [0.2, 0.25) is 5.91 Å². The third-order valence-corrected chi connectivity index (χ3v) is 6.27. The van der Waals surface area contributed by atoms with Crippen LogP contribution in [-0.2, 0) is 15.7 Å². The van der Waals surface area contributed by atoms with Crippen molar-refractivity contribution in [1.82, 2.24) is 10.2 Å². The number of alkyl halides is 3. The molecule has 0 radical (unpaired) electrons. The number of hydrogen-bond acceptors (Lipinski definition) is 4. The van der Waals surface area contributed by atoms with Gasteiger partial charge >= 0.3 is 6.18 Å². The van der Waals surface area contributed by atoms with Crippen molar-refractivity contribution in [3.05, 3.63) is 65.7 Å². The zero-order chi connectivity index (χ0) is 23.9. The quantitative estimate of drug-likeness (QED) is 0.674. The fraction of sp³-hybridized carbons (Fsp3) is 0.480. The molecule has 180 valence electrons. The van der Waals surface area contributed by atoms with Gasteiger partial charge in [-0.3, -0.25) is 9.69 Å². The predicted molar refractivity (Wildman–Crippen MR) is 120 cm³/mol. The Balaban J connectivity index is 0.000000235. The number of phenolic OH excluding ortho intramolecular Hbond substituents is 1. The van der Waals surface area contributed by atoms with E-state index in [2.05, 4.69) is 29.3 Å². The molecule has 33 heavy (non-hydrogen) atoms. The number of hydrogen-bond donors (Lipinski definition) is 2. The molecule has 8 heteroatoms. The molecule has 2 aromatic rings. The number of halogens is 3. The Kier molecular flexibility index (Phi) is 8.37. The second kappa shape index (κ2) is 11.0. The number of benzene rings is 2. The number of carbonyl (C=O) groups is 1. The molecule has 0 spiro atoms. The molecule has 0 saturated carbocycles. The molecule has 0 aliphatic carbocycles. The lowest BCUT2D eigenvalue weighted by Crippen LogP contribution is -2.60.